The molecule has 0 aromatic heterocycles. The molecule has 0 radical (unpaired) electrons. The molecule has 0 saturated carbocycles. The Balaban J connectivity index is 1.45. The molecule has 32 heavy (non-hydrogen) atoms. The number of aromatic hydroxyl groups is 1. The minimum atomic E-state index is -1.05. The number of hydrogen-bond donors (Lipinski definition) is 3. The zero-order valence-corrected chi connectivity index (χ0v) is 18.3. The van der Waals surface area contributed by atoms with Crippen LogP contribution in [0.25, 0.3) is 0 Å². The Hall–Kier alpha value is -2.95. The minimum Gasteiger partial charge on any atom is -0.507 e. The van der Waals surface area contributed by atoms with E-state index >= 15 is 0 Å². The van der Waals surface area contributed by atoms with Crippen molar-refractivity contribution in [1.29, 1.82) is 0 Å². The first-order valence-corrected chi connectivity index (χ1v) is 11.5. The molecule has 1 aliphatic rings. The highest BCUT2D eigenvalue weighted by Gasteiger charge is 2.42. The van der Waals surface area contributed by atoms with Crippen molar-refractivity contribution in [3.05, 3.63) is 102 Å². The number of rotatable bonds is 8. The second kappa shape index (κ2) is 10.1. The zero-order chi connectivity index (χ0) is 22.4. The van der Waals surface area contributed by atoms with Crippen LogP contribution >= 0.6 is 0 Å². The van der Waals surface area contributed by atoms with Crippen LogP contribution in [0.4, 0.5) is 0 Å². The number of piperidine rings is 1. The predicted molar refractivity (Wildman–Crippen MR) is 127 cm³/mol. The summed E-state index contributed by atoms with van der Waals surface area (Å²) in [6, 6.07) is 26.9. The normalized spacial score (nSPS) is 18.9. The molecule has 0 aliphatic carbocycles. The molecule has 2 unspecified atom stereocenters. The molecule has 3 aromatic rings. The second-order valence-corrected chi connectivity index (χ2v) is 8.70. The van der Waals surface area contributed by atoms with E-state index in [1.165, 1.54) is 0 Å². The maximum atomic E-state index is 12.5. The van der Waals surface area contributed by atoms with Gasteiger partial charge in [-0.3, -0.25) is 4.79 Å². The van der Waals surface area contributed by atoms with Gasteiger partial charge >= 0.3 is 0 Å². The first kappa shape index (κ1) is 22.3. The molecule has 1 heterocycles. The lowest BCUT2D eigenvalue weighted by Crippen LogP contribution is -2.47. The molecular weight excluding hydrogens is 398 g/mol. The van der Waals surface area contributed by atoms with Gasteiger partial charge in [0.2, 0.25) is 0 Å². The van der Waals surface area contributed by atoms with Crippen LogP contribution in [-0.4, -0.2) is 28.6 Å². The highest BCUT2D eigenvalue weighted by Crippen LogP contribution is 2.42. The Morgan fingerprint density at radius 1 is 0.906 bits per heavy atom. The van der Waals surface area contributed by atoms with Crippen LogP contribution in [-0.2, 0) is 5.60 Å². The van der Waals surface area contributed by atoms with Crippen molar-refractivity contribution in [3.63, 3.8) is 0 Å². The fourth-order valence-electron chi connectivity index (χ4n) is 4.98. The molecule has 4 nitrogen and oxygen atoms in total. The molecule has 4 rings (SSSR count). The van der Waals surface area contributed by atoms with Crippen LogP contribution in [0, 0.1) is 5.92 Å². The quantitative estimate of drug-likeness (QED) is 0.438. The number of phenols is 1. The summed E-state index contributed by atoms with van der Waals surface area (Å²) in [7, 11) is 0. The third-order valence-electron chi connectivity index (χ3n) is 6.67. The molecule has 1 fully saturated rings. The summed E-state index contributed by atoms with van der Waals surface area (Å²) in [4.78, 5) is 12.5. The van der Waals surface area contributed by atoms with Gasteiger partial charge in [0.1, 0.15) is 11.4 Å². The highest BCUT2D eigenvalue weighted by molar-refractivity contribution is 5.98. The lowest BCUT2D eigenvalue weighted by Gasteiger charge is -2.42. The number of aliphatic hydroxyl groups is 1. The number of carbonyl (C=O) groups excluding carboxylic acids is 1. The van der Waals surface area contributed by atoms with Crippen molar-refractivity contribution >= 4 is 5.78 Å². The van der Waals surface area contributed by atoms with E-state index in [-0.39, 0.29) is 23.5 Å². The summed E-state index contributed by atoms with van der Waals surface area (Å²) in [6.45, 7) is 0.838. The monoisotopic (exact) mass is 429 g/mol. The molecule has 1 saturated heterocycles. The van der Waals surface area contributed by atoms with Crippen molar-refractivity contribution in [3.8, 4) is 5.75 Å². The van der Waals surface area contributed by atoms with Gasteiger partial charge in [0.25, 0.3) is 0 Å². The Morgan fingerprint density at radius 3 is 2.12 bits per heavy atom. The van der Waals surface area contributed by atoms with Gasteiger partial charge < -0.3 is 15.5 Å². The maximum absolute atomic E-state index is 12.5. The van der Waals surface area contributed by atoms with E-state index in [2.05, 4.69) is 5.32 Å². The summed E-state index contributed by atoms with van der Waals surface area (Å²) in [5, 5.41) is 25.6. The zero-order valence-electron chi connectivity index (χ0n) is 18.3. The van der Waals surface area contributed by atoms with Crippen molar-refractivity contribution in [1.82, 2.24) is 5.32 Å². The van der Waals surface area contributed by atoms with Crippen molar-refractivity contribution in [2.75, 3.05) is 6.54 Å². The smallest absolute Gasteiger partial charge is 0.166 e. The maximum Gasteiger partial charge on any atom is 0.166 e. The Kier molecular flexibility index (Phi) is 7.03. The minimum absolute atomic E-state index is 0.0273. The molecule has 3 N–H and O–H groups in total. The molecular formula is C28H31NO3. The summed E-state index contributed by atoms with van der Waals surface area (Å²) >= 11 is 0. The third-order valence-corrected chi connectivity index (χ3v) is 6.67. The van der Waals surface area contributed by atoms with Crippen molar-refractivity contribution < 1.29 is 15.0 Å². The molecule has 1 aliphatic heterocycles. The number of Topliss-reactive ketones (excluding diaryl/α,β-unsaturated/α-hetero) is 1. The van der Waals surface area contributed by atoms with Crippen LogP contribution in [0.1, 0.15) is 53.6 Å². The molecule has 0 spiro atoms. The van der Waals surface area contributed by atoms with E-state index in [1.807, 2.05) is 60.7 Å². The molecule has 2 atom stereocenters. The van der Waals surface area contributed by atoms with Gasteiger partial charge in [-0.05, 0) is 61.4 Å². The van der Waals surface area contributed by atoms with Crippen molar-refractivity contribution in [2.24, 2.45) is 5.92 Å². The van der Waals surface area contributed by atoms with Gasteiger partial charge in [0.15, 0.2) is 5.78 Å². The average Bonchev–Trinajstić information content (AvgIpc) is 2.85. The Morgan fingerprint density at radius 2 is 1.50 bits per heavy atom. The van der Waals surface area contributed by atoms with Crippen molar-refractivity contribution in [2.45, 2.75) is 43.7 Å². The first-order chi connectivity index (χ1) is 15.6. The number of benzene rings is 3. The Labute approximate surface area is 189 Å². The molecule has 166 valence electrons. The van der Waals surface area contributed by atoms with E-state index in [0.29, 0.717) is 12.0 Å². The fourth-order valence-corrected chi connectivity index (χ4v) is 4.98. The standard InChI is InChI=1S/C28H31NO3/c30-26-16-8-7-15-25(26)27(31)17-9-14-24-20-23(18-19-29-24)28(32,21-10-3-1-4-11-21)22-12-5-2-6-13-22/h1-8,10-13,15-16,23-24,29-30,32H,9,14,17-20H2. The summed E-state index contributed by atoms with van der Waals surface area (Å²) in [5.74, 6) is 0.0945. The summed E-state index contributed by atoms with van der Waals surface area (Å²) in [6.07, 6.45) is 3.73. The third kappa shape index (κ3) is 4.77. The topological polar surface area (TPSA) is 69.6 Å². The van der Waals surface area contributed by atoms with Gasteiger partial charge in [-0.2, -0.15) is 0 Å². The van der Waals surface area contributed by atoms with Crippen LogP contribution < -0.4 is 5.32 Å². The summed E-state index contributed by atoms with van der Waals surface area (Å²) < 4.78 is 0. The molecule has 4 heteroatoms. The van der Waals surface area contributed by atoms with E-state index in [9.17, 15) is 15.0 Å². The average molecular weight is 430 g/mol. The van der Waals surface area contributed by atoms with Gasteiger partial charge in [-0.25, -0.2) is 0 Å². The fraction of sp³-hybridized carbons (Fsp3) is 0.321. The van der Waals surface area contributed by atoms with Crippen LogP contribution in [0.3, 0.4) is 0 Å². The molecule has 3 aromatic carbocycles. The van der Waals surface area contributed by atoms with Crippen LogP contribution in [0.15, 0.2) is 84.9 Å². The number of para-hydroxylation sites is 1. The molecule has 0 amide bonds. The van der Waals surface area contributed by atoms with Crippen LogP contribution in [0.2, 0.25) is 0 Å². The van der Waals surface area contributed by atoms with Crippen LogP contribution in [0.5, 0.6) is 5.75 Å². The second-order valence-electron chi connectivity index (χ2n) is 8.70. The van der Waals surface area contributed by atoms with Gasteiger partial charge in [0.05, 0.1) is 5.56 Å². The number of hydrogen-bond acceptors (Lipinski definition) is 4. The number of carbonyl (C=O) groups is 1. The molecule has 0 bridgehead atoms. The highest BCUT2D eigenvalue weighted by atomic mass is 16.3. The Bertz CT molecular complexity index is 980. The lowest BCUT2D eigenvalue weighted by molar-refractivity contribution is -0.00563. The first-order valence-electron chi connectivity index (χ1n) is 11.5. The van der Waals surface area contributed by atoms with Gasteiger partial charge in [-0.15, -0.1) is 0 Å². The summed E-state index contributed by atoms with van der Waals surface area (Å²) in [5.41, 5.74) is 1.19. The number of phenolic OH excluding ortho intramolecular Hbond substituents is 1. The predicted octanol–water partition coefficient (Wildman–Crippen LogP) is 5.05. The number of nitrogens with one attached hydrogen (secondary N) is 1. The lowest BCUT2D eigenvalue weighted by atomic mass is 9.70. The largest absolute Gasteiger partial charge is 0.507 e. The van der Waals surface area contributed by atoms with Gasteiger partial charge in [-0.1, -0.05) is 72.8 Å². The van der Waals surface area contributed by atoms with E-state index in [0.717, 1.165) is 43.4 Å². The van der Waals surface area contributed by atoms with Gasteiger partial charge in [0, 0.05) is 12.5 Å². The SMILES string of the molecule is O=C(CCCC1CC(C(O)(c2ccccc2)c2ccccc2)CCN1)c1ccccc1O. The number of ketones is 1. The van der Waals surface area contributed by atoms with E-state index in [1.54, 1.807) is 24.3 Å². The van der Waals surface area contributed by atoms with E-state index < -0.39 is 5.60 Å². The van der Waals surface area contributed by atoms with E-state index in [4.69, 9.17) is 0 Å².